The molecule has 10 heteroatoms. The zero-order chi connectivity index (χ0) is 23.7. The van der Waals surface area contributed by atoms with E-state index in [1.165, 1.54) is 13.4 Å². The van der Waals surface area contributed by atoms with Gasteiger partial charge in [0.2, 0.25) is 0 Å². The number of aryl methyl sites for hydroxylation is 1. The van der Waals surface area contributed by atoms with Crippen molar-refractivity contribution < 1.29 is 33.4 Å². The summed E-state index contributed by atoms with van der Waals surface area (Å²) in [5, 5.41) is 11.2. The molecule has 1 N–H and O–H groups in total. The maximum atomic E-state index is 13.1. The number of anilines is 1. The molecule has 9 nitrogen and oxygen atoms in total. The first-order valence-electron chi connectivity index (χ1n) is 10.0. The number of esters is 1. The molecule has 33 heavy (non-hydrogen) atoms. The maximum Gasteiger partial charge on any atom is 0.350 e. The molecule has 3 aromatic rings. The van der Waals surface area contributed by atoms with Crippen LogP contribution >= 0.6 is 11.3 Å². The summed E-state index contributed by atoms with van der Waals surface area (Å²) in [6.07, 6.45) is 1.40. The van der Waals surface area contributed by atoms with Crippen LogP contribution in [-0.2, 0) is 14.3 Å². The number of nitrogens with zero attached hydrogens (tertiary/aromatic N) is 2. The highest BCUT2D eigenvalue weighted by molar-refractivity contribution is 7.17. The number of carbonyl (C=O) groups is 3. The van der Waals surface area contributed by atoms with E-state index in [0.29, 0.717) is 17.0 Å². The maximum absolute atomic E-state index is 13.1. The van der Waals surface area contributed by atoms with E-state index in [1.807, 2.05) is 0 Å². The molecule has 1 aromatic carbocycles. The molecule has 0 bridgehead atoms. The Bertz CT molecular complexity index is 1260. The molecule has 1 amide bonds. The molecule has 1 saturated heterocycles. The van der Waals surface area contributed by atoms with Crippen molar-refractivity contribution in [2.24, 2.45) is 0 Å². The van der Waals surface area contributed by atoms with E-state index in [9.17, 15) is 19.5 Å². The minimum atomic E-state index is -1.08. The van der Waals surface area contributed by atoms with E-state index < -0.39 is 23.7 Å². The summed E-state index contributed by atoms with van der Waals surface area (Å²) < 4.78 is 15.8. The SMILES string of the molecule is CCOC(=O)c1sc(N2C(=O)C(=O)/C(=C(/O)c3cccc(OC)c3)C2c2ccco2)nc1C. The van der Waals surface area contributed by atoms with Gasteiger partial charge < -0.3 is 19.0 Å². The number of hydrogen-bond acceptors (Lipinski definition) is 9. The molecule has 1 aliphatic heterocycles. The molecule has 1 aliphatic rings. The molecule has 0 saturated carbocycles. The van der Waals surface area contributed by atoms with Crippen molar-refractivity contribution in [3.63, 3.8) is 0 Å². The van der Waals surface area contributed by atoms with Crippen LogP contribution in [0.3, 0.4) is 0 Å². The third-order valence-corrected chi connectivity index (χ3v) is 6.19. The third-order valence-electron chi connectivity index (χ3n) is 5.05. The van der Waals surface area contributed by atoms with E-state index >= 15 is 0 Å². The first kappa shape index (κ1) is 22.3. The lowest BCUT2D eigenvalue weighted by Gasteiger charge is -2.20. The lowest BCUT2D eigenvalue weighted by Crippen LogP contribution is -2.29. The average Bonchev–Trinajstić information content (AvgIpc) is 3.53. The lowest BCUT2D eigenvalue weighted by molar-refractivity contribution is -0.132. The summed E-state index contributed by atoms with van der Waals surface area (Å²) in [6, 6.07) is 8.61. The molecule has 2 aromatic heterocycles. The van der Waals surface area contributed by atoms with Crippen molar-refractivity contribution in [3.05, 3.63) is 70.1 Å². The Morgan fingerprint density at radius 2 is 2.06 bits per heavy atom. The van der Waals surface area contributed by atoms with E-state index in [4.69, 9.17) is 13.9 Å². The quantitative estimate of drug-likeness (QED) is 0.251. The highest BCUT2D eigenvalue weighted by atomic mass is 32.1. The van der Waals surface area contributed by atoms with Crippen LogP contribution in [0.4, 0.5) is 5.13 Å². The van der Waals surface area contributed by atoms with E-state index in [0.717, 1.165) is 16.2 Å². The number of amides is 1. The Labute approximate surface area is 192 Å². The zero-order valence-electron chi connectivity index (χ0n) is 18.0. The first-order valence-corrected chi connectivity index (χ1v) is 10.8. The van der Waals surface area contributed by atoms with Crippen LogP contribution in [0.25, 0.3) is 5.76 Å². The van der Waals surface area contributed by atoms with Crippen LogP contribution < -0.4 is 9.64 Å². The number of ketones is 1. The van der Waals surface area contributed by atoms with Gasteiger partial charge in [-0.25, -0.2) is 9.78 Å². The highest BCUT2D eigenvalue weighted by Crippen LogP contribution is 2.44. The second kappa shape index (κ2) is 8.91. The van der Waals surface area contributed by atoms with Crippen LogP contribution in [-0.4, -0.2) is 41.5 Å². The van der Waals surface area contributed by atoms with E-state index in [-0.39, 0.29) is 33.7 Å². The second-order valence-corrected chi connectivity index (χ2v) is 8.03. The third kappa shape index (κ3) is 3.89. The highest BCUT2D eigenvalue weighted by Gasteiger charge is 2.49. The van der Waals surface area contributed by atoms with Crippen molar-refractivity contribution in [2.45, 2.75) is 19.9 Å². The Morgan fingerprint density at radius 3 is 2.73 bits per heavy atom. The smallest absolute Gasteiger partial charge is 0.350 e. The summed E-state index contributed by atoms with van der Waals surface area (Å²) >= 11 is 0.929. The molecule has 0 aliphatic carbocycles. The number of Topliss-reactive ketones (excluding diaryl/α,β-unsaturated/α-hetero) is 1. The van der Waals surface area contributed by atoms with Crippen LogP contribution in [0, 0.1) is 6.92 Å². The molecule has 1 fully saturated rings. The van der Waals surface area contributed by atoms with Gasteiger partial charge in [-0.2, -0.15) is 0 Å². The monoisotopic (exact) mass is 468 g/mol. The fourth-order valence-electron chi connectivity index (χ4n) is 3.54. The number of benzene rings is 1. The van der Waals surface area contributed by atoms with Gasteiger partial charge in [0.1, 0.15) is 28.2 Å². The summed E-state index contributed by atoms with van der Waals surface area (Å²) in [5.74, 6) is -2.02. The fourth-order valence-corrected chi connectivity index (χ4v) is 4.53. The predicted octanol–water partition coefficient (Wildman–Crippen LogP) is 3.86. The van der Waals surface area contributed by atoms with Crippen molar-refractivity contribution in [2.75, 3.05) is 18.6 Å². The molecule has 3 heterocycles. The number of aliphatic hydroxyl groups excluding tert-OH is 1. The van der Waals surface area contributed by atoms with Crippen molar-refractivity contribution in [1.82, 2.24) is 4.98 Å². The van der Waals surface area contributed by atoms with Gasteiger partial charge in [0.05, 0.1) is 31.2 Å². The molecular weight excluding hydrogens is 448 g/mol. The number of methoxy groups -OCH3 is 1. The largest absolute Gasteiger partial charge is 0.507 e. The second-order valence-electron chi connectivity index (χ2n) is 7.05. The number of hydrogen-bond donors (Lipinski definition) is 1. The molecule has 0 spiro atoms. The zero-order valence-corrected chi connectivity index (χ0v) is 18.8. The Kier molecular flexibility index (Phi) is 6.01. The van der Waals surface area contributed by atoms with Gasteiger partial charge in [0.25, 0.3) is 5.78 Å². The van der Waals surface area contributed by atoms with Gasteiger partial charge in [-0.3, -0.25) is 14.5 Å². The van der Waals surface area contributed by atoms with Crippen LogP contribution in [0.1, 0.15) is 39.7 Å². The van der Waals surface area contributed by atoms with E-state index in [1.54, 1.807) is 50.2 Å². The molecule has 1 atom stereocenters. The Morgan fingerprint density at radius 1 is 1.27 bits per heavy atom. The summed E-state index contributed by atoms with van der Waals surface area (Å²) in [5.41, 5.74) is 0.501. The molecule has 170 valence electrons. The van der Waals surface area contributed by atoms with Crippen LogP contribution in [0.5, 0.6) is 5.75 Å². The minimum Gasteiger partial charge on any atom is -0.507 e. The summed E-state index contributed by atoms with van der Waals surface area (Å²) in [4.78, 5) is 44.2. The van der Waals surface area contributed by atoms with Crippen molar-refractivity contribution in [3.8, 4) is 5.75 Å². The minimum absolute atomic E-state index is 0.115. The number of thiazole rings is 1. The number of aliphatic hydroxyl groups is 1. The van der Waals surface area contributed by atoms with Gasteiger partial charge >= 0.3 is 11.9 Å². The predicted molar refractivity (Wildman–Crippen MR) is 119 cm³/mol. The molecular formula is C23H20N2O7S. The Balaban J connectivity index is 1.87. The number of rotatable bonds is 6. The van der Waals surface area contributed by atoms with E-state index in [2.05, 4.69) is 4.98 Å². The van der Waals surface area contributed by atoms with Crippen LogP contribution in [0.2, 0.25) is 0 Å². The van der Waals surface area contributed by atoms with Gasteiger partial charge in [0.15, 0.2) is 5.13 Å². The number of ether oxygens (including phenoxy) is 2. The lowest BCUT2D eigenvalue weighted by atomic mass is 9.99. The van der Waals surface area contributed by atoms with Gasteiger partial charge in [0, 0.05) is 5.56 Å². The number of furan rings is 1. The number of carbonyl (C=O) groups excluding carboxylic acids is 3. The first-order chi connectivity index (χ1) is 15.9. The van der Waals surface area contributed by atoms with Gasteiger partial charge in [-0.05, 0) is 38.1 Å². The normalized spacial score (nSPS) is 17.4. The van der Waals surface area contributed by atoms with Crippen molar-refractivity contribution >= 4 is 39.9 Å². The molecule has 1 unspecified atom stereocenters. The fraction of sp³-hybridized carbons (Fsp3) is 0.217. The molecule has 4 rings (SSSR count). The van der Waals surface area contributed by atoms with Gasteiger partial charge in [-0.15, -0.1) is 0 Å². The summed E-state index contributed by atoms with van der Waals surface area (Å²) in [7, 11) is 1.48. The average molecular weight is 468 g/mol. The van der Waals surface area contributed by atoms with Gasteiger partial charge in [-0.1, -0.05) is 23.5 Å². The van der Waals surface area contributed by atoms with Crippen LogP contribution in [0.15, 0.2) is 52.7 Å². The topological polar surface area (TPSA) is 119 Å². The Hall–Kier alpha value is -3.92. The number of aromatic nitrogens is 1. The standard InChI is InChI=1S/C23H20N2O7S/c1-4-31-22(29)20-12(2)24-23(33-20)25-17(15-9-6-10-32-15)16(19(27)21(25)28)18(26)13-7-5-8-14(11-13)30-3/h5-11,17,26H,4H2,1-3H3/b18-16+. The molecule has 0 radical (unpaired) electrons. The van der Waals surface area contributed by atoms with Crippen molar-refractivity contribution in [1.29, 1.82) is 0 Å². The summed E-state index contributed by atoms with van der Waals surface area (Å²) in [6.45, 7) is 3.48.